The molecule has 2 fully saturated rings. The number of halogens is 1. The van der Waals surface area contributed by atoms with Gasteiger partial charge in [-0.25, -0.2) is 8.42 Å². The van der Waals surface area contributed by atoms with Crippen molar-refractivity contribution < 1.29 is 13.2 Å². The Bertz CT molecular complexity index is 680. The van der Waals surface area contributed by atoms with Crippen LogP contribution in [-0.2, 0) is 10.0 Å². The van der Waals surface area contributed by atoms with Crippen LogP contribution in [0.15, 0.2) is 22.9 Å². The molecule has 3 rings (SSSR count). The van der Waals surface area contributed by atoms with Crippen molar-refractivity contribution in [1.29, 1.82) is 0 Å². The summed E-state index contributed by atoms with van der Waals surface area (Å²) in [5, 5.41) is 3.01. The third kappa shape index (κ3) is 3.18. The standard InChI is InChI=1S/C14H18BrN3O3S/c1-22(20,21)18-12-2-3-13(18)6-11(5-12)17-14(19)9-4-10(15)8-16-7-9/h4,7-8,11-13H,2-3,5-6H2,1H3,(H,17,19). The maximum atomic E-state index is 12.3. The number of hydrogen-bond acceptors (Lipinski definition) is 4. The molecule has 2 aliphatic heterocycles. The lowest BCUT2D eigenvalue weighted by Crippen LogP contribution is -2.52. The van der Waals surface area contributed by atoms with Crippen molar-refractivity contribution in [3.63, 3.8) is 0 Å². The summed E-state index contributed by atoms with van der Waals surface area (Å²) >= 11 is 3.30. The van der Waals surface area contributed by atoms with Crippen LogP contribution < -0.4 is 5.32 Å². The maximum Gasteiger partial charge on any atom is 0.253 e. The minimum Gasteiger partial charge on any atom is -0.349 e. The lowest BCUT2D eigenvalue weighted by atomic mass is 9.99. The molecule has 22 heavy (non-hydrogen) atoms. The molecular weight excluding hydrogens is 370 g/mol. The molecule has 1 amide bonds. The first-order valence-electron chi connectivity index (χ1n) is 7.24. The fourth-order valence-electron chi connectivity index (χ4n) is 3.60. The highest BCUT2D eigenvalue weighted by Gasteiger charge is 2.45. The van der Waals surface area contributed by atoms with Crippen LogP contribution in [0, 0.1) is 0 Å². The van der Waals surface area contributed by atoms with Gasteiger partial charge in [0, 0.05) is 35.0 Å². The van der Waals surface area contributed by atoms with E-state index in [0.717, 1.165) is 17.3 Å². The summed E-state index contributed by atoms with van der Waals surface area (Å²) in [6, 6.07) is 1.77. The number of nitrogens with zero attached hydrogens (tertiary/aromatic N) is 2. The second-order valence-corrected chi connectivity index (χ2v) is 8.81. The summed E-state index contributed by atoms with van der Waals surface area (Å²) in [7, 11) is -3.17. The summed E-state index contributed by atoms with van der Waals surface area (Å²) in [5.74, 6) is -0.161. The third-order valence-corrected chi connectivity index (χ3v) is 6.15. The van der Waals surface area contributed by atoms with E-state index in [1.165, 1.54) is 12.5 Å². The van der Waals surface area contributed by atoms with Gasteiger partial charge in [0.25, 0.3) is 5.91 Å². The molecule has 1 aromatic heterocycles. The Kier molecular flexibility index (Phi) is 4.26. The van der Waals surface area contributed by atoms with Crippen LogP contribution in [-0.4, -0.2) is 48.0 Å². The average Bonchev–Trinajstić information content (AvgIpc) is 2.71. The number of nitrogens with one attached hydrogen (secondary N) is 1. The fourth-order valence-corrected chi connectivity index (χ4v) is 5.43. The highest BCUT2D eigenvalue weighted by atomic mass is 79.9. The van der Waals surface area contributed by atoms with Crippen LogP contribution in [0.5, 0.6) is 0 Å². The molecule has 2 atom stereocenters. The maximum absolute atomic E-state index is 12.3. The predicted octanol–water partition coefficient (Wildman–Crippen LogP) is 1.53. The van der Waals surface area contributed by atoms with Gasteiger partial charge in [-0.1, -0.05) is 0 Å². The van der Waals surface area contributed by atoms with E-state index in [9.17, 15) is 13.2 Å². The molecule has 6 nitrogen and oxygen atoms in total. The Morgan fingerprint density at radius 2 is 1.95 bits per heavy atom. The van der Waals surface area contributed by atoms with Crippen LogP contribution in [0.25, 0.3) is 0 Å². The van der Waals surface area contributed by atoms with Crippen molar-refractivity contribution in [3.8, 4) is 0 Å². The van der Waals surface area contributed by atoms with Crippen LogP contribution in [0.1, 0.15) is 36.0 Å². The van der Waals surface area contributed by atoms with Gasteiger partial charge in [0.15, 0.2) is 0 Å². The van der Waals surface area contributed by atoms with Crippen molar-refractivity contribution in [2.75, 3.05) is 6.26 Å². The number of aromatic nitrogens is 1. The molecule has 2 aliphatic rings. The van der Waals surface area contributed by atoms with Crippen molar-refractivity contribution in [2.24, 2.45) is 0 Å². The number of hydrogen-bond donors (Lipinski definition) is 1. The topological polar surface area (TPSA) is 79.4 Å². The number of piperidine rings is 1. The summed E-state index contributed by atoms with van der Waals surface area (Å²) in [5.41, 5.74) is 0.507. The first-order chi connectivity index (χ1) is 10.3. The number of carbonyl (C=O) groups excluding carboxylic acids is 1. The predicted molar refractivity (Wildman–Crippen MR) is 85.9 cm³/mol. The largest absolute Gasteiger partial charge is 0.349 e. The van der Waals surface area contributed by atoms with E-state index >= 15 is 0 Å². The number of amides is 1. The molecule has 0 spiro atoms. The van der Waals surface area contributed by atoms with Gasteiger partial charge in [0.05, 0.1) is 11.8 Å². The fraction of sp³-hybridized carbons (Fsp3) is 0.571. The van der Waals surface area contributed by atoms with Crippen molar-refractivity contribution in [3.05, 3.63) is 28.5 Å². The number of sulfonamides is 1. The molecule has 1 aromatic rings. The van der Waals surface area contributed by atoms with Gasteiger partial charge in [-0.2, -0.15) is 4.31 Å². The zero-order valence-electron chi connectivity index (χ0n) is 12.2. The number of rotatable bonds is 3. The Morgan fingerprint density at radius 3 is 2.50 bits per heavy atom. The van der Waals surface area contributed by atoms with Gasteiger partial charge in [-0.05, 0) is 47.7 Å². The second kappa shape index (κ2) is 5.90. The van der Waals surface area contributed by atoms with E-state index in [-0.39, 0.29) is 24.0 Å². The quantitative estimate of drug-likeness (QED) is 0.852. The molecule has 0 radical (unpaired) electrons. The van der Waals surface area contributed by atoms with Gasteiger partial charge in [-0.3, -0.25) is 9.78 Å². The molecule has 0 aromatic carbocycles. The lowest BCUT2D eigenvalue weighted by molar-refractivity contribution is 0.0909. The molecule has 0 aliphatic carbocycles. The highest BCUT2D eigenvalue weighted by molar-refractivity contribution is 9.10. The van der Waals surface area contributed by atoms with Crippen molar-refractivity contribution in [1.82, 2.24) is 14.6 Å². The Labute approximate surface area is 138 Å². The number of fused-ring (bicyclic) bond motifs is 2. The molecule has 0 saturated carbocycles. The van der Waals surface area contributed by atoms with Gasteiger partial charge >= 0.3 is 0 Å². The minimum atomic E-state index is -3.17. The average molecular weight is 388 g/mol. The Hall–Kier alpha value is -0.990. The zero-order chi connectivity index (χ0) is 15.9. The van der Waals surface area contributed by atoms with E-state index in [0.29, 0.717) is 18.4 Å². The van der Waals surface area contributed by atoms with Crippen LogP contribution >= 0.6 is 15.9 Å². The number of pyridine rings is 1. The third-order valence-electron chi connectivity index (χ3n) is 4.35. The molecule has 2 bridgehead atoms. The summed E-state index contributed by atoms with van der Waals surface area (Å²) in [4.78, 5) is 16.3. The van der Waals surface area contributed by atoms with E-state index < -0.39 is 10.0 Å². The smallest absolute Gasteiger partial charge is 0.253 e. The number of carbonyl (C=O) groups is 1. The molecule has 3 heterocycles. The molecular formula is C14H18BrN3O3S. The Morgan fingerprint density at radius 1 is 1.32 bits per heavy atom. The first-order valence-corrected chi connectivity index (χ1v) is 9.88. The van der Waals surface area contributed by atoms with Crippen molar-refractivity contribution in [2.45, 2.75) is 43.8 Å². The summed E-state index contributed by atoms with van der Waals surface area (Å²) < 4.78 is 26.1. The molecule has 8 heteroatoms. The minimum absolute atomic E-state index is 0.0136. The normalized spacial score (nSPS) is 28.5. The van der Waals surface area contributed by atoms with Crippen LogP contribution in [0.2, 0.25) is 0 Å². The van der Waals surface area contributed by atoms with E-state index in [1.54, 1.807) is 16.6 Å². The molecule has 2 unspecified atom stereocenters. The van der Waals surface area contributed by atoms with Gasteiger partial charge < -0.3 is 5.32 Å². The van der Waals surface area contributed by atoms with Crippen LogP contribution in [0.4, 0.5) is 0 Å². The Balaban J connectivity index is 1.68. The van der Waals surface area contributed by atoms with Gasteiger partial charge in [0.2, 0.25) is 10.0 Å². The van der Waals surface area contributed by atoms with Crippen LogP contribution in [0.3, 0.4) is 0 Å². The summed E-state index contributed by atoms with van der Waals surface area (Å²) in [6.07, 6.45) is 7.53. The zero-order valence-corrected chi connectivity index (χ0v) is 14.6. The summed E-state index contributed by atoms with van der Waals surface area (Å²) in [6.45, 7) is 0. The molecule has 120 valence electrons. The molecule has 1 N–H and O–H groups in total. The van der Waals surface area contributed by atoms with E-state index in [2.05, 4.69) is 26.2 Å². The van der Waals surface area contributed by atoms with E-state index in [1.807, 2.05) is 0 Å². The lowest BCUT2D eigenvalue weighted by Gasteiger charge is -2.37. The molecule has 2 saturated heterocycles. The highest BCUT2D eigenvalue weighted by Crippen LogP contribution is 2.37. The first kappa shape index (κ1) is 15.9. The SMILES string of the molecule is CS(=O)(=O)N1C2CCC1CC(NC(=O)c1cncc(Br)c1)C2. The van der Waals surface area contributed by atoms with Gasteiger partial charge in [-0.15, -0.1) is 0 Å². The van der Waals surface area contributed by atoms with Gasteiger partial charge in [0.1, 0.15) is 0 Å². The van der Waals surface area contributed by atoms with E-state index in [4.69, 9.17) is 0 Å². The van der Waals surface area contributed by atoms with Crippen molar-refractivity contribution >= 4 is 31.9 Å². The monoisotopic (exact) mass is 387 g/mol. The second-order valence-electron chi connectivity index (χ2n) is 6.01.